The Morgan fingerprint density at radius 2 is 2.25 bits per heavy atom. The Morgan fingerprint density at radius 3 is 2.81 bits per heavy atom. The van der Waals surface area contributed by atoms with E-state index < -0.39 is 0 Å². The summed E-state index contributed by atoms with van der Waals surface area (Å²) in [6.07, 6.45) is 0. The molecule has 1 N–H and O–H groups in total. The van der Waals surface area contributed by atoms with E-state index in [4.69, 9.17) is 5.11 Å². The standard InChI is InChI=1S/C11H15NO3S/c1-8(6-13)7-16-10-5-3-4-9(2)11(10)12(14)15/h3-5,8,13H,6-7H2,1-2H3. The Hall–Kier alpha value is -1.07. The van der Waals surface area contributed by atoms with Crippen LogP contribution < -0.4 is 0 Å². The van der Waals surface area contributed by atoms with Crippen LogP contribution >= 0.6 is 11.8 Å². The van der Waals surface area contributed by atoms with Gasteiger partial charge in [0, 0.05) is 17.9 Å². The van der Waals surface area contributed by atoms with Crippen molar-refractivity contribution in [1.82, 2.24) is 0 Å². The first-order chi connectivity index (χ1) is 7.56. The van der Waals surface area contributed by atoms with Gasteiger partial charge in [-0.05, 0) is 18.9 Å². The van der Waals surface area contributed by atoms with Crippen molar-refractivity contribution < 1.29 is 10.0 Å². The van der Waals surface area contributed by atoms with Crippen LogP contribution in [0.4, 0.5) is 5.69 Å². The molecule has 0 heterocycles. The highest BCUT2D eigenvalue weighted by molar-refractivity contribution is 7.99. The third-order valence-electron chi connectivity index (χ3n) is 2.22. The van der Waals surface area contributed by atoms with Crippen LogP contribution in [-0.4, -0.2) is 22.4 Å². The molecule has 1 unspecified atom stereocenters. The average Bonchev–Trinajstić information content (AvgIpc) is 2.25. The molecular weight excluding hydrogens is 226 g/mol. The Balaban J connectivity index is 2.87. The van der Waals surface area contributed by atoms with Gasteiger partial charge in [-0.1, -0.05) is 19.1 Å². The Bertz CT molecular complexity index is 381. The highest BCUT2D eigenvalue weighted by Crippen LogP contribution is 2.32. The molecule has 5 heteroatoms. The van der Waals surface area contributed by atoms with Crippen molar-refractivity contribution in [2.75, 3.05) is 12.4 Å². The summed E-state index contributed by atoms with van der Waals surface area (Å²) in [5.41, 5.74) is 0.851. The number of rotatable bonds is 5. The second-order valence-corrected chi connectivity index (χ2v) is 4.84. The second-order valence-electron chi connectivity index (χ2n) is 3.78. The maximum absolute atomic E-state index is 10.9. The molecule has 0 fully saturated rings. The number of aryl methyl sites for hydroxylation is 1. The smallest absolute Gasteiger partial charge is 0.285 e. The number of aliphatic hydroxyl groups is 1. The van der Waals surface area contributed by atoms with E-state index in [1.165, 1.54) is 11.8 Å². The van der Waals surface area contributed by atoms with Crippen LogP contribution in [0, 0.1) is 23.0 Å². The van der Waals surface area contributed by atoms with E-state index in [-0.39, 0.29) is 23.1 Å². The van der Waals surface area contributed by atoms with Crippen LogP contribution in [0.5, 0.6) is 0 Å². The topological polar surface area (TPSA) is 63.4 Å². The zero-order valence-electron chi connectivity index (χ0n) is 9.34. The molecule has 0 saturated carbocycles. The SMILES string of the molecule is Cc1cccc(SCC(C)CO)c1[N+](=O)[O-]. The van der Waals surface area contributed by atoms with E-state index in [2.05, 4.69) is 0 Å². The van der Waals surface area contributed by atoms with E-state index in [1.54, 1.807) is 19.1 Å². The Morgan fingerprint density at radius 1 is 1.56 bits per heavy atom. The van der Waals surface area contributed by atoms with Gasteiger partial charge in [0.05, 0.1) is 9.82 Å². The van der Waals surface area contributed by atoms with Crippen molar-refractivity contribution in [3.05, 3.63) is 33.9 Å². The first-order valence-corrected chi connectivity index (χ1v) is 6.02. The van der Waals surface area contributed by atoms with Gasteiger partial charge < -0.3 is 5.11 Å². The number of thioether (sulfide) groups is 1. The highest BCUT2D eigenvalue weighted by atomic mass is 32.2. The van der Waals surface area contributed by atoms with Crippen molar-refractivity contribution in [3.8, 4) is 0 Å². The van der Waals surface area contributed by atoms with Crippen molar-refractivity contribution in [2.24, 2.45) is 5.92 Å². The molecular formula is C11H15NO3S. The largest absolute Gasteiger partial charge is 0.396 e. The summed E-state index contributed by atoms with van der Waals surface area (Å²) in [6, 6.07) is 5.30. The lowest BCUT2D eigenvalue weighted by atomic mass is 10.2. The minimum atomic E-state index is -0.346. The summed E-state index contributed by atoms with van der Waals surface area (Å²) >= 11 is 1.42. The summed E-state index contributed by atoms with van der Waals surface area (Å²) < 4.78 is 0. The molecule has 0 aromatic heterocycles. The van der Waals surface area contributed by atoms with E-state index in [1.807, 2.05) is 13.0 Å². The minimum absolute atomic E-state index is 0.104. The fourth-order valence-corrected chi connectivity index (χ4v) is 2.38. The summed E-state index contributed by atoms with van der Waals surface area (Å²) in [6.45, 7) is 3.75. The lowest BCUT2D eigenvalue weighted by Crippen LogP contribution is -2.04. The molecule has 16 heavy (non-hydrogen) atoms. The molecule has 4 nitrogen and oxygen atoms in total. The maximum atomic E-state index is 10.9. The lowest BCUT2D eigenvalue weighted by molar-refractivity contribution is -0.388. The van der Waals surface area contributed by atoms with E-state index in [0.717, 1.165) is 0 Å². The zero-order chi connectivity index (χ0) is 12.1. The van der Waals surface area contributed by atoms with E-state index in [0.29, 0.717) is 16.2 Å². The van der Waals surface area contributed by atoms with Gasteiger partial charge in [-0.25, -0.2) is 0 Å². The number of benzene rings is 1. The third-order valence-corrected chi connectivity index (χ3v) is 3.59. The summed E-state index contributed by atoms with van der Waals surface area (Å²) in [7, 11) is 0. The van der Waals surface area contributed by atoms with Gasteiger partial charge in [0.1, 0.15) is 0 Å². The van der Waals surface area contributed by atoms with Gasteiger partial charge in [-0.15, -0.1) is 11.8 Å². The molecule has 1 atom stereocenters. The fraction of sp³-hybridized carbons (Fsp3) is 0.455. The highest BCUT2D eigenvalue weighted by Gasteiger charge is 2.17. The van der Waals surface area contributed by atoms with E-state index in [9.17, 15) is 10.1 Å². The van der Waals surface area contributed by atoms with Crippen LogP contribution in [-0.2, 0) is 0 Å². The predicted octanol–water partition coefficient (Wildman–Crippen LogP) is 2.62. The monoisotopic (exact) mass is 241 g/mol. The second kappa shape index (κ2) is 5.86. The maximum Gasteiger partial charge on any atom is 0.285 e. The number of hydrogen-bond acceptors (Lipinski definition) is 4. The molecule has 1 aromatic rings. The molecule has 0 aliphatic carbocycles. The van der Waals surface area contributed by atoms with Gasteiger partial charge in [0.15, 0.2) is 0 Å². The van der Waals surface area contributed by atoms with Crippen molar-refractivity contribution in [1.29, 1.82) is 0 Å². The van der Waals surface area contributed by atoms with Crippen molar-refractivity contribution >= 4 is 17.4 Å². The van der Waals surface area contributed by atoms with Crippen molar-refractivity contribution in [2.45, 2.75) is 18.7 Å². The molecule has 0 amide bonds. The van der Waals surface area contributed by atoms with Crippen LogP contribution in [0.25, 0.3) is 0 Å². The van der Waals surface area contributed by atoms with Gasteiger partial charge in [-0.2, -0.15) is 0 Å². The number of para-hydroxylation sites is 1. The van der Waals surface area contributed by atoms with Gasteiger partial charge in [0.2, 0.25) is 0 Å². The van der Waals surface area contributed by atoms with Gasteiger partial charge in [-0.3, -0.25) is 10.1 Å². The Labute approximate surface area is 98.8 Å². The Kier molecular flexibility index (Phi) is 4.76. The quantitative estimate of drug-likeness (QED) is 0.489. The normalized spacial score (nSPS) is 12.4. The van der Waals surface area contributed by atoms with E-state index >= 15 is 0 Å². The van der Waals surface area contributed by atoms with Crippen LogP contribution in [0.1, 0.15) is 12.5 Å². The molecule has 1 rings (SSSR count). The van der Waals surface area contributed by atoms with Gasteiger partial charge >= 0.3 is 0 Å². The molecule has 0 aliphatic heterocycles. The molecule has 0 spiro atoms. The first kappa shape index (κ1) is 13.0. The number of aliphatic hydroxyl groups excluding tert-OH is 1. The fourth-order valence-electron chi connectivity index (χ4n) is 1.27. The molecule has 0 aliphatic rings. The first-order valence-electron chi connectivity index (χ1n) is 5.04. The number of nitro groups is 1. The van der Waals surface area contributed by atoms with Gasteiger partial charge in [0.25, 0.3) is 5.69 Å². The average molecular weight is 241 g/mol. The van der Waals surface area contributed by atoms with Crippen molar-refractivity contribution in [3.63, 3.8) is 0 Å². The lowest BCUT2D eigenvalue weighted by Gasteiger charge is -2.08. The summed E-state index contributed by atoms with van der Waals surface area (Å²) in [5.74, 6) is 0.825. The molecule has 0 saturated heterocycles. The third kappa shape index (κ3) is 3.21. The minimum Gasteiger partial charge on any atom is -0.396 e. The summed E-state index contributed by atoms with van der Waals surface area (Å²) in [4.78, 5) is 11.2. The molecule has 0 radical (unpaired) electrons. The number of nitrogens with zero attached hydrogens (tertiary/aromatic N) is 1. The number of hydrogen-bond donors (Lipinski definition) is 1. The van der Waals surface area contributed by atoms with Crippen LogP contribution in [0.2, 0.25) is 0 Å². The molecule has 1 aromatic carbocycles. The molecule has 0 bridgehead atoms. The predicted molar refractivity (Wildman–Crippen MR) is 64.8 cm³/mol. The summed E-state index contributed by atoms with van der Waals surface area (Å²) in [5, 5.41) is 19.8. The zero-order valence-corrected chi connectivity index (χ0v) is 10.2. The molecule has 88 valence electrons. The number of nitro benzene ring substituents is 1. The van der Waals surface area contributed by atoms with Crippen LogP contribution in [0.3, 0.4) is 0 Å². The van der Waals surface area contributed by atoms with Crippen LogP contribution in [0.15, 0.2) is 23.1 Å².